The summed E-state index contributed by atoms with van der Waals surface area (Å²) in [6.07, 6.45) is 15.1. The molecule has 1 atom stereocenters. The summed E-state index contributed by atoms with van der Waals surface area (Å²) in [5.74, 6) is 4.76. The van der Waals surface area contributed by atoms with Gasteiger partial charge in [0.25, 0.3) is 0 Å². The summed E-state index contributed by atoms with van der Waals surface area (Å²) < 4.78 is 2.03. The molecule has 3 heteroatoms. The Hall–Kier alpha value is -3.90. The van der Waals surface area contributed by atoms with Crippen LogP contribution in [0.2, 0.25) is 0 Å². The maximum atomic E-state index is 5.81. The summed E-state index contributed by atoms with van der Waals surface area (Å²) in [5.41, 5.74) is 5.94. The predicted octanol–water partition coefficient (Wildman–Crippen LogP) is 8.44. The van der Waals surface area contributed by atoms with Crippen molar-refractivity contribution >= 4 is 16.8 Å². The first-order valence-electron chi connectivity index (χ1n) is 12.5. The summed E-state index contributed by atoms with van der Waals surface area (Å²) >= 11 is 0. The lowest BCUT2D eigenvalue weighted by Gasteiger charge is -2.19. The highest BCUT2D eigenvalue weighted by Gasteiger charge is 2.18. The molecule has 2 aromatic carbocycles. The highest BCUT2D eigenvalue weighted by molar-refractivity contribution is 5.81. The topological polar surface area (TPSA) is 30.7 Å². The standard InChI is InChI=1S/C33H37N3/c1-9-24(3)16-18-26(5)36-31(25(4)17-19-27(10-2)28-14-12-11-13-15-28)34-35-32(36)29-20-22-30(23-21-29)33(6,7)8/h2,11-24H,5,9H2,1,3-4,6-8H3/b18-16-,25-17+,27-19+. The zero-order valence-corrected chi connectivity index (χ0v) is 22.4. The molecule has 0 aliphatic carbocycles. The van der Waals surface area contributed by atoms with E-state index in [2.05, 4.69) is 93.7 Å². The van der Waals surface area contributed by atoms with Crippen LogP contribution in [0.15, 0.2) is 85.5 Å². The van der Waals surface area contributed by atoms with E-state index in [-0.39, 0.29) is 5.41 Å². The molecule has 0 bridgehead atoms. The average Bonchev–Trinajstić information content (AvgIpc) is 3.33. The molecule has 1 heterocycles. The van der Waals surface area contributed by atoms with E-state index in [4.69, 9.17) is 6.42 Å². The van der Waals surface area contributed by atoms with Gasteiger partial charge in [0, 0.05) is 16.8 Å². The zero-order chi connectivity index (χ0) is 26.3. The minimum Gasteiger partial charge on any atom is -0.276 e. The fraction of sp³-hybridized carbons (Fsp3) is 0.273. The molecule has 1 unspecified atom stereocenters. The molecule has 0 saturated heterocycles. The van der Waals surface area contributed by atoms with Gasteiger partial charge < -0.3 is 0 Å². The van der Waals surface area contributed by atoms with E-state index in [0.717, 1.165) is 46.0 Å². The summed E-state index contributed by atoms with van der Waals surface area (Å²) in [4.78, 5) is 0. The molecule has 0 aliphatic heterocycles. The van der Waals surface area contributed by atoms with Crippen molar-refractivity contribution in [1.29, 1.82) is 0 Å². The minimum absolute atomic E-state index is 0.0825. The summed E-state index contributed by atoms with van der Waals surface area (Å²) in [5, 5.41) is 9.17. The largest absolute Gasteiger partial charge is 0.276 e. The molecule has 0 aliphatic rings. The molecule has 3 rings (SSSR count). The fourth-order valence-electron chi connectivity index (χ4n) is 3.73. The monoisotopic (exact) mass is 475 g/mol. The van der Waals surface area contributed by atoms with Crippen LogP contribution in [0.4, 0.5) is 0 Å². The van der Waals surface area contributed by atoms with Crippen LogP contribution in [-0.4, -0.2) is 14.8 Å². The number of rotatable bonds is 8. The van der Waals surface area contributed by atoms with E-state index in [9.17, 15) is 0 Å². The van der Waals surface area contributed by atoms with E-state index in [1.54, 1.807) is 0 Å². The highest BCUT2D eigenvalue weighted by atomic mass is 15.3. The molecule has 0 saturated carbocycles. The van der Waals surface area contributed by atoms with Crippen molar-refractivity contribution in [3.05, 3.63) is 102 Å². The summed E-state index contributed by atoms with van der Waals surface area (Å²) in [6.45, 7) is 17.4. The number of hydrogen-bond acceptors (Lipinski definition) is 2. The number of benzene rings is 2. The molecule has 36 heavy (non-hydrogen) atoms. The number of terminal acetylenes is 1. The second-order valence-corrected chi connectivity index (χ2v) is 10.2. The highest BCUT2D eigenvalue weighted by Crippen LogP contribution is 2.29. The molecule has 0 N–H and O–H groups in total. The fourth-order valence-corrected chi connectivity index (χ4v) is 3.73. The first-order chi connectivity index (χ1) is 17.2. The second kappa shape index (κ2) is 11.7. The van der Waals surface area contributed by atoms with E-state index >= 15 is 0 Å². The molecule has 0 fully saturated rings. The number of allylic oxidation sites excluding steroid dienone is 7. The predicted molar refractivity (Wildman–Crippen MR) is 155 cm³/mol. The van der Waals surface area contributed by atoms with Gasteiger partial charge in [-0.2, -0.15) is 0 Å². The van der Waals surface area contributed by atoms with Gasteiger partial charge in [-0.15, -0.1) is 16.6 Å². The van der Waals surface area contributed by atoms with Crippen LogP contribution >= 0.6 is 0 Å². The smallest absolute Gasteiger partial charge is 0.168 e. The van der Waals surface area contributed by atoms with Crippen molar-refractivity contribution in [3.8, 4) is 23.7 Å². The number of nitrogens with zero attached hydrogens (tertiary/aromatic N) is 3. The molecule has 3 aromatic rings. The lowest BCUT2D eigenvalue weighted by molar-refractivity contribution is 0.590. The van der Waals surface area contributed by atoms with Gasteiger partial charge in [-0.3, -0.25) is 4.57 Å². The Kier molecular flexibility index (Phi) is 8.67. The van der Waals surface area contributed by atoms with Gasteiger partial charge in [-0.1, -0.05) is 120 Å². The Balaban J connectivity index is 2.08. The van der Waals surface area contributed by atoms with E-state index < -0.39 is 0 Å². The van der Waals surface area contributed by atoms with E-state index in [1.807, 2.05) is 54.0 Å². The molecule has 0 amide bonds. The van der Waals surface area contributed by atoms with Gasteiger partial charge in [-0.05, 0) is 47.1 Å². The van der Waals surface area contributed by atoms with Crippen LogP contribution in [0, 0.1) is 18.3 Å². The lowest BCUT2D eigenvalue weighted by atomic mass is 9.86. The van der Waals surface area contributed by atoms with E-state index in [1.165, 1.54) is 5.56 Å². The number of hydrogen-bond donors (Lipinski definition) is 0. The first kappa shape index (κ1) is 26.7. The maximum Gasteiger partial charge on any atom is 0.168 e. The van der Waals surface area contributed by atoms with Gasteiger partial charge >= 0.3 is 0 Å². The summed E-state index contributed by atoms with van der Waals surface area (Å²) in [7, 11) is 0. The second-order valence-electron chi connectivity index (χ2n) is 10.2. The Morgan fingerprint density at radius 3 is 2.31 bits per heavy atom. The molecule has 3 nitrogen and oxygen atoms in total. The van der Waals surface area contributed by atoms with Gasteiger partial charge in [0.05, 0.1) is 0 Å². The van der Waals surface area contributed by atoms with Crippen molar-refractivity contribution in [3.63, 3.8) is 0 Å². The van der Waals surface area contributed by atoms with Crippen molar-refractivity contribution in [1.82, 2.24) is 14.8 Å². The normalized spacial score (nSPS) is 13.6. The van der Waals surface area contributed by atoms with Crippen LogP contribution in [0.5, 0.6) is 0 Å². The number of aromatic nitrogens is 3. The molecular formula is C33H37N3. The quantitative estimate of drug-likeness (QED) is 0.242. The van der Waals surface area contributed by atoms with E-state index in [0.29, 0.717) is 5.92 Å². The zero-order valence-electron chi connectivity index (χ0n) is 22.4. The van der Waals surface area contributed by atoms with Crippen LogP contribution in [-0.2, 0) is 5.41 Å². The third-order valence-electron chi connectivity index (χ3n) is 6.31. The van der Waals surface area contributed by atoms with Gasteiger partial charge in [0.15, 0.2) is 11.6 Å². The molecular weight excluding hydrogens is 438 g/mol. The van der Waals surface area contributed by atoms with Crippen LogP contribution in [0.1, 0.15) is 64.9 Å². The van der Waals surface area contributed by atoms with Crippen LogP contribution in [0.3, 0.4) is 0 Å². The minimum atomic E-state index is 0.0825. The Morgan fingerprint density at radius 1 is 1.06 bits per heavy atom. The third kappa shape index (κ3) is 6.40. The lowest BCUT2D eigenvalue weighted by Crippen LogP contribution is -2.10. The molecule has 1 aromatic heterocycles. The average molecular weight is 476 g/mol. The molecule has 0 radical (unpaired) electrons. The van der Waals surface area contributed by atoms with Gasteiger partial charge in [0.2, 0.25) is 0 Å². The first-order valence-corrected chi connectivity index (χ1v) is 12.5. The van der Waals surface area contributed by atoms with Crippen molar-refractivity contribution in [2.45, 2.75) is 53.4 Å². The van der Waals surface area contributed by atoms with Gasteiger partial charge in [0.1, 0.15) is 0 Å². The Bertz CT molecular complexity index is 1320. The maximum absolute atomic E-state index is 5.81. The molecule has 0 spiro atoms. The van der Waals surface area contributed by atoms with Crippen LogP contribution in [0.25, 0.3) is 28.2 Å². The summed E-state index contributed by atoms with van der Waals surface area (Å²) in [6, 6.07) is 18.5. The van der Waals surface area contributed by atoms with Crippen molar-refractivity contribution in [2.24, 2.45) is 5.92 Å². The van der Waals surface area contributed by atoms with Crippen molar-refractivity contribution in [2.75, 3.05) is 0 Å². The van der Waals surface area contributed by atoms with Crippen LogP contribution < -0.4 is 0 Å². The Labute approximate surface area is 217 Å². The third-order valence-corrected chi connectivity index (χ3v) is 6.31. The SMILES string of the molecule is C#C/C(=C\C=C(/C)c1nnc(-c2ccc(C(C)(C)C)cc2)n1C(=C)/C=C\C(C)CC)c1ccccc1. The Morgan fingerprint density at radius 2 is 1.72 bits per heavy atom. The molecule has 184 valence electrons. The van der Waals surface area contributed by atoms with Gasteiger partial charge in [-0.25, -0.2) is 0 Å². The van der Waals surface area contributed by atoms with Crippen molar-refractivity contribution < 1.29 is 0 Å².